The molecule has 0 heterocycles. The predicted octanol–water partition coefficient (Wildman–Crippen LogP) is 3.43. The molecule has 90 valence electrons. The largest absolute Gasteiger partial charge is 0.392 e. The van der Waals surface area contributed by atoms with Gasteiger partial charge in [0.15, 0.2) is 0 Å². The molecule has 0 radical (unpaired) electrons. The summed E-state index contributed by atoms with van der Waals surface area (Å²) in [4.78, 5) is 0. The van der Waals surface area contributed by atoms with E-state index in [0.29, 0.717) is 5.25 Å². The number of hydrogen-bond acceptors (Lipinski definition) is 2. The molecule has 1 aromatic carbocycles. The summed E-state index contributed by atoms with van der Waals surface area (Å²) < 4.78 is 0. The summed E-state index contributed by atoms with van der Waals surface area (Å²) >= 11 is 1.86. The maximum absolute atomic E-state index is 9.90. The third-order valence-corrected chi connectivity index (χ3v) is 4.22. The Hall–Kier alpha value is -0.470. The second-order valence-corrected chi connectivity index (χ2v) is 5.87. The van der Waals surface area contributed by atoms with Crippen molar-refractivity contribution in [2.75, 3.05) is 5.75 Å². The number of hydrogen-bond donors (Lipinski definition) is 1. The third kappa shape index (κ3) is 5.04. The van der Waals surface area contributed by atoms with E-state index in [1.54, 1.807) is 0 Å². The molecule has 1 aromatic rings. The van der Waals surface area contributed by atoms with E-state index in [0.717, 1.165) is 12.2 Å². The number of aryl methyl sites for hydroxylation is 1. The van der Waals surface area contributed by atoms with E-state index in [2.05, 4.69) is 45.0 Å². The monoisotopic (exact) mass is 238 g/mol. The van der Waals surface area contributed by atoms with Crippen LogP contribution in [0.25, 0.3) is 0 Å². The van der Waals surface area contributed by atoms with Crippen molar-refractivity contribution in [3.8, 4) is 0 Å². The van der Waals surface area contributed by atoms with E-state index >= 15 is 0 Å². The van der Waals surface area contributed by atoms with E-state index in [-0.39, 0.29) is 6.10 Å². The highest BCUT2D eigenvalue weighted by molar-refractivity contribution is 7.99. The van der Waals surface area contributed by atoms with Gasteiger partial charge >= 0.3 is 0 Å². The minimum atomic E-state index is -0.221. The topological polar surface area (TPSA) is 20.2 Å². The fraction of sp³-hybridized carbons (Fsp3) is 0.571. The van der Waals surface area contributed by atoms with Crippen molar-refractivity contribution < 1.29 is 5.11 Å². The van der Waals surface area contributed by atoms with Crippen LogP contribution in [0.4, 0.5) is 0 Å². The number of rotatable bonds is 6. The van der Waals surface area contributed by atoms with Gasteiger partial charge in [-0.2, -0.15) is 11.8 Å². The molecule has 1 rings (SSSR count). The molecule has 0 bridgehead atoms. The first-order valence-corrected chi connectivity index (χ1v) is 7.02. The number of thioether (sulfide) groups is 1. The Bertz CT molecular complexity index is 294. The first kappa shape index (κ1) is 13.6. The fourth-order valence-electron chi connectivity index (χ4n) is 1.45. The van der Waals surface area contributed by atoms with Crippen LogP contribution in [-0.4, -0.2) is 22.2 Å². The highest BCUT2D eigenvalue weighted by Crippen LogP contribution is 2.16. The number of aliphatic hydroxyl groups is 1. The second-order valence-electron chi connectivity index (χ2n) is 4.40. The maximum atomic E-state index is 9.90. The number of benzene rings is 1. The van der Waals surface area contributed by atoms with Crippen LogP contribution in [0.5, 0.6) is 0 Å². The Morgan fingerprint density at radius 2 is 1.88 bits per heavy atom. The summed E-state index contributed by atoms with van der Waals surface area (Å²) in [7, 11) is 0. The lowest BCUT2D eigenvalue weighted by Gasteiger charge is -2.13. The van der Waals surface area contributed by atoms with Crippen molar-refractivity contribution in [1.82, 2.24) is 0 Å². The summed E-state index contributed by atoms with van der Waals surface area (Å²) in [5.74, 6) is 0.836. The first-order valence-electron chi connectivity index (χ1n) is 5.97. The summed E-state index contributed by atoms with van der Waals surface area (Å²) in [6, 6.07) is 8.41. The summed E-state index contributed by atoms with van der Waals surface area (Å²) in [5.41, 5.74) is 2.50. The van der Waals surface area contributed by atoms with Crippen LogP contribution in [0.15, 0.2) is 24.3 Å². The zero-order valence-corrected chi connectivity index (χ0v) is 11.3. The molecule has 1 nitrogen and oxygen atoms in total. The zero-order valence-electron chi connectivity index (χ0n) is 10.4. The van der Waals surface area contributed by atoms with Crippen molar-refractivity contribution in [2.45, 2.75) is 45.0 Å². The van der Waals surface area contributed by atoms with Gasteiger partial charge in [-0.05, 0) is 25.3 Å². The van der Waals surface area contributed by atoms with Crippen molar-refractivity contribution in [2.24, 2.45) is 0 Å². The van der Waals surface area contributed by atoms with E-state index in [9.17, 15) is 5.11 Å². The minimum Gasteiger partial charge on any atom is -0.392 e. The van der Waals surface area contributed by atoms with Gasteiger partial charge in [-0.3, -0.25) is 0 Å². The molecule has 0 amide bonds. The van der Waals surface area contributed by atoms with Crippen LogP contribution >= 0.6 is 11.8 Å². The molecule has 0 aliphatic rings. The SMILES string of the molecule is CCC(C)SCC(O)Cc1ccc(C)cc1. The lowest BCUT2D eigenvalue weighted by Crippen LogP contribution is -2.15. The predicted molar refractivity (Wildman–Crippen MR) is 73.1 cm³/mol. The first-order chi connectivity index (χ1) is 7.61. The van der Waals surface area contributed by atoms with Crippen LogP contribution < -0.4 is 0 Å². The van der Waals surface area contributed by atoms with Crippen LogP contribution in [-0.2, 0) is 6.42 Å². The molecular weight excluding hydrogens is 216 g/mol. The Kier molecular flexibility index (Phi) is 5.93. The van der Waals surface area contributed by atoms with Crippen molar-refractivity contribution in [3.05, 3.63) is 35.4 Å². The highest BCUT2D eigenvalue weighted by atomic mass is 32.2. The van der Waals surface area contributed by atoms with Gasteiger partial charge in [0, 0.05) is 11.0 Å². The average Bonchev–Trinajstić information content (AvgIpc) is 2.29. The standard InChI is InChI=1S/C14H22OS/c1-4-12(3)16-10-14(15)9-13-7-5-11(2)6-8-13/h5-8,12,14-15H,4,9-10H2,1-3H3. The quantitative estimate of drug-likeness (QED) is 0.819. The molecule has 1 N–H and O–H groups in total. The smallest absolute Gasteiger partial charge is 0.0670 e. The van der Waals surface area contributed by atoms with Crippen molar-refractivity contribution >= 4 is 11.8 Å². The molecule has 0 saturated carbocycles. The van der Waals surface area contributed by atoms with Gasteiger partial charge in [0.05, 0.1) is 6.10 Å². The van der Waals surface area contributed by atoms with Crippen LogP contribution in [0.2, 0.25) is 0 Å². The molecule has 0 aliphatic heterocycles. The van der Waals surface area contributed by atoms with E-state index < -0.39 is 0 Å². The molecular formula is C14H22OS. The molecule has 2 unspecified atom stereocenters. The van der Waals surface area contributed by atoms with Crippen molar-refractivity contribution in [3.63, 3.8) is 0 Å². The van der Waals surface area contributed by atoms with Gasteiger partial charge in [-0.1, -0.05) is 43.7 Å². The molecule has 0 spiro atoms. The summed E-state index contributed by atoms with van der Waals surface area (Å²) in [6.45, 7) is 6.48. The Morgan fingerprint density at radius 3 is 2.44 bits per heavy atom. The summed E-state index contributed by atoms with van der Waals surface area (Å²) in [5, 5.41) is 10.5. The molecule has 0 saturated heterocycles. The summed E-state index contributed by atoms with van der Waals surface area (Å²) in [6.07, 6.45) is 1.72. The minimum absolute atomic E-state index is 0.221. The van der Waals surface area contributed by atoms with Gasteiger partial charge < -0.3 is 5.11 Å². The van der Waals surface area contributed by atoms with E-state index in [4.69, 9.17) is 0 Å². The zero-order chi connectivity index (χ0) is 12.0. The number of aliphatic hydroxyl groups excluding tert-OH is 1. The fourth-order valence-corrected chi connectivity index (χ4v) is 2.35. The van der Waals surface area contributed by atoms with E-state index in [1.165, 1.54) is 17.5 Å². The van der Waals surface area contributed by atoms with E-state index in [1.807, 2.05) is 11.8 Å². The van der Waals surface area contributed by atoms with Gasteiger partial charge in [0.25, 0.3) is 0 Å². The molecule has 0 aromatic heterocycles. The van der Waals surface area contributed by atoms with Gasteiger partial charge in [0.1, 0.15) is 0 Å². The maximum Gasteiger partial charge on any atom is 0.0670 e. The second kappa shape index (κ2) is 6.97. The Balaban J connectivity index is 2.33. The van der Waals surface area contributed by atoms with Gasteiger partial charge in [0.2, 0.25) is 0 Å². The molecule has 0 aliphatic carbocycles. The normalized spacial score (nSPS) is 14.8. The third-order valence-electron chi connectivity index (χ3n) is 2.74. The van der Waals surface area contributed by atoms with Crippen molar-refractivity contribution in [1.29, 1.82) is 0 Å². The Labute approximate surface area is 103 Å². The highest BCUT2D eigenvalue weighted by Gasteiger charge is 2.08. The molecule has 2 atom stereocenters. The lowest BCUT2D eigenvalue weighted by molar-refractivity contribution is 0.200. The molecule has 2 heteroatoms. The average molecular weight is 238 g/mol. The Morgan fingerprint density at radius 1 is 1.25 bits per heavy atom. The van der Waals surface area contributed by atoms with Crippen LogP contribution in [0, 0.1) is 6.92 Å². The lowest BCUT2D eigenvalue weighted by atomic mass is 10.1. The van der Waals surface area contributed by atoms with Crippen LogP contribution in [0.1, 0.15) is 31.4 Å². The molecule has 0 fully saturated rings. The molecule has 16 heavy (non-hydrogen) atoms. The van der Waals surface area contributed by atoms with Gasteiger partial charge in [-0.25, -0.2) is 0 Å². The van der Waals surface area contributed by atoms with Gasteiger partial charge in [-0.15, -0.1) is 0 Å². The van der Waals surface area contributed by atoms with Crippen LogP contribution in [0.3, 0.4) is 0 Å².